The van der Waals surface area contributed by atoms with E-state index in [9.17, 15) is 0 Å². The molecule has 2 heterocycles. The highest BCUT2D eigenvalue weighted by molar-refractivity contribution is 6.14. The second kappa shape index (κ2) is 2.31. The standard InChI is InChI=1S/C14H9N/c1-2-7-13-11(5-1)12-6-3-4-10-8-9-15(13)14(10)12/h1-9H. The van der Waals surface area contributed by atoms with Crippen LogP contribution in [0.15, 0.2) is 54.7 Å². The molecule has 0 aliphatic rings. The van der Waals surface area contributed by atoms with Crippen LogP contribution in [0.25, 0.3) is 27.2 Å². The number of fused-ring (bicyclic) bond motifs is 3. The van der Waals surface area contributed by atoms with Crippen molar-refractivity contribution in [3.63, 3.8) is 0 Å². The van der Waals surface area contributed by atoms with Crippen LogP contribution in [0.2, 0.25) is 0 Å². The van der Waals surface area contributed by atoms with Gasteiger partial charge < -0.3 is 4.40 Å². The average molecular weight is 191 g/mol. The van der Waals surface area contributed by atoms with Crippen molar-refractivity contribution in [2.24, 2.45) is 0 Å². The zero-order chi connectivity index (χ0) is 9.83. The minimum absolute atomic E-state index is 1.30. The average Bonchev–Trinajstić information content (AvgIpc) is 2.85. The van der Waals surface area contributed by atoms with Crippen LogP contribution >= 0.6 is 0 Å². The molecule has 15 heavy (non-hydrogen) atoms. The summed E-state index contributed by atoms with van der Waals surface area (Å²) in [5.41, 5.74) is 2.65. The van der Waals surface area contributed by atoms with E-state index in [1.165, 1.54) is 27.2 Å². The third kappa shape index (κ3) is 0.747. The molecule has 0 bridgehead atoms. The van der Waals surface area contributed by atoms with E-state index in [2.05, 4.69) is 59.1 Å². The number of para-hydroxylation sites is 2. The van der Waals surface area contributed by atoms with E-state index in [1.807, 2.05) is 0 Å². The lowest BCUT2D eigenvalue weighted by molar-refractivity contribution is 1.30. The zero-order valence-electron chi connectivity index (χ0n) is 8.14. The Kier molecular flexibility index (Phi) is 1.13. The molecule has 0 atom stereocenters. The highest BCUT2D eigenvalue weighted by Gasteiger charge is 2.09. The Balaban J connectivity index is 2.53. The largest absolute Gasteiger partial charge is 0.315 e. The Morgan fingerprint density at radius 3 is 2.60 bits per heavy atom. The maximum Gasteiger partial charge on any atom is 0.0607 e. The van der Waals surface area contributed by atoms with Crippen molar-refractivity contribution in [1.29, 1.82) is 0 Å². The van der Waals surface area contributed by atoms with Crippen molar-refractivity contribution < 1.29 is 0 Å². The summed E-state index contributed by atoms with van der Waals surface area (Å²) >= 11 is 0. The van der Waals surface area contributed by atoms with Crippen molar-refractivity contribution in [1.82, 2.24) is 4.40 Å². The molecule has 0 spiro atoms. The topological polar surface area (TPSA) is 4.41 Å². The predicted octanol–water partition coefficient (Wildman–Crippen LogP) is 3.68. The first kappa shape index (κ1) is 7.30. The molecule has 0 fully saturated rings. The maximum atomic E-state index is 2.28. The van der Waals surface area contributed by atoms with Gasteiger partial charge in [-0.3, -0.25) is 0 Å². The molecular weight excluding hydrogens is 182 g/mol. The molecule has 0 unspecified atom stereocenters. The minimum atomic E-state index is 1.30. The van der Waals surface area contributed by atoms with E-state index in [0.29, 0.717) is 0 Å². The van der Waals surface area contributed by atoms with Crippen LogP contribution in [-0.4, -0.2) is 4.40 Å². The normalized spacial score (nSPS) is 12.0. The molecule has 70 valence electrons. The molecule has 1 heteroatoms. The van der Waals surface area contributed by atoms with Crippen LogP contribution in [0, 0.1) is 0 Å². The maximum absolute atomic E-state index is 2.28. The number of nitrogens with zero attached hydrogens (tertiary/aromatic N) is 1. The zero-order valence-corrected chi connectivity index (χ0v) is 8.14. The van der Waals surface area contributed by atoms with Crippen LogP contribution in [0.4, 0.5) is 0 Å². The van der Waals surface area contributed by atoms with E-state index in [-0.39, 0.29) is 0 Å². The predicted molar refractivity (Wildman–Crippen MR) is 63.6 cm³/mol. The molecule has 0 aliphatic heterocycles. The number of hydrogen-bond donors (Lipinski definition) is 0. The van der Waals surface area contributed by atoms with Gasteiger partial charge in [-0.25, -0.2) is 0 Å². The van der Waals surface area contributed by atoms with Crippen molar-refractivity contribution >= 4 is 27.2 Å². The van der Waals surface area contributed by atoms with E-state index in [4.69, 9.17) is 0 Å². The quantitative estimate of drug-likeness (QED) is 0.399. The van der Waals surface area contributed by atoms with Crippen LogP contribution in [0.1, 0.15) is 0 Å². The van der Waals surface area contributed by atoms with Gasteiger partial charge in [0.25, 0.3) is 0 Å². The molecule has 4 rings (SSSR count). The fraction of sp³-hybridized carbons (Fsp3) is 0. The first-order valence-corrected chi connectivity index (χ1v) is 5.15. The van der Waals surface area contributed by atoms with E-state index < -0.39 is 0 Å². The molecule has 2 aromatic heterocycles. The van der Waals surface area contributed by atoms with Gasteiger partial charge in [-0.1, -0.05) is 36.4 Å². The lowest BCUT2D eigenvalue weighted by Crippen LogP contribution is -1.73. The van der Waals surface area contributed by atoms with Gasteiger partial charge in [0.1, 0.15) is 0 Å². The molecule has 0 amide bonds. The molecule has 2 aromatic carbocycles. The SMILES string of the molecule is c1ccc2c(c1)c1cccc3ccn2c31. The van der Waals surface area contributed by atoms with Gasteiger partial charge in [0, 0.05) is 22.4 Å². The van der Waals surface area contributed by atoms with Gasteiger partial charge >= 0.3 is 0 Å². The van der Waals surface area contributed by atoms with Gasteiger partial charge in [-0.15, -0.1) is 0 Å². The number of aromatic nitrogens is 1. The molecule has 0 N–H and O–H groups in total. The Hall–Kier alpha value is -2.02. The van der Waals surface area contributed by atoms with Crippen molar-refractivity contribution in [2.45, 2.75) is 0 Å². The third-order valence-corrected chi connectivity index (χ3v) is 3.17. The molecule has 0 aliphatic carbocycles. The van der Waals surface area contributed by atoms with Crippen molar-refractivity contribution in [2.75, 3.05) is 0 Å². The molecule has 0 saturated carbocycles. The highest BCUT2D eigenvalue weighted by atomic mass is 14.9. The highest BCUT2D eigenvalue weighted by Crippen LogP contribution is 2.31. The fourth-order valence-electron chi connectivity index (χ4n) is 2.52. The summed E-state index contributed by atoms with van der Waals surface area (Å²) in [6, 6.07) is 17.2. The minimum Gasteiger partial charge on any atom is -0.315 e. The number of benzene rings is 2. The molecule has 4 aromatic rings. The first-order chi connectivity index (χ1) is 7.45. The summed E-state index contributed by atoms with van der Waals surface area (Å²) in [5, 5.41) is 4.02. The molecule has 0 saturated heterocycles. The van der Waals surface area contributed by atoms with Crippen LogP contribution in [0.3, 0.4) is 0 Å². The van der Waals surface area contributed by atoms with Crippen molar-refractivity contribution in [3.05, 3.63) is 54.7 Å². The lowest BCUT2D eigenvalue weighted by Gasteiger charge is -1.90. The third-order valence-electron chi connectivity index (χ3n) is 3.17. The summed E-state index contributed by atoms with van der Waals surface area (Å²) in [7, 11) is 0. The summed E-state index contributed by atoms with van der Waals surface area (Å²) in [5.74, 6) is 0. The van der Waals surface area contributed by atoms with Crippen LogP contribution in [-0.2, 0) is 0 Å². The van der Waals surface area contributed by atoms with E-state index in [1.54, 1.807) is 0 Å². The van der Waals surface area contributed by atoms with Crippen LogP contribution < -0.4 is 0 Å². The second-order valence-corrected chi connectivity index (χ2v) is 3.95. The lowest BCUT2D eigenvalue weighted by atomic mass is 10.1. The fourth-order valence-corrected chi connectivity index (χ4v) is 2.52. The monoisotopic (exact) mass is 191 g/mol. The van der Waals surface area contributed by atoms with Gasteiger partial charge in [-0.2, -0.15) is 0 Å². The molecular formula is C14H9N. The van der Waals surface area contributed by atoms with Gasteiger partial charge in [-0.05, 0) is 12.1 Å². The van der Waals surface area contributed by atoms with Gasteiger partial charge in [0.05, 0.1) is 11.0 Å². The summed E-state index contributed by atoms with van der Waals surface area (Å²) in [6.45, 7) is 0. The molecule has 1 nitrogen and oxygen atoms in total. The first-order valence-electron chi connectivity index (χ1n) is 5.15. The Labute approximate surface area is 86.9 Å². The summed E-state index contributed by atoms with van der Waals surface area (Å²) < 4.78 is 2.28. The Morgan fingerprint density at radius 2 is 1.60 bits per heavy atom. The Morgan fingerprint density at radius 1 is 0.733 bits per heavy atom. The number of rotatable bonds is 0. The Bertz CT molecular complexity index is 742. The van der Waals surface area contributed by atoms with Gasteiger partial charge in [0.2, 0.25) is 0 Å². The molecule has 0 radical (unpaired) electrons. The number of hydrogen-bond acceptors (Lipinski definition) is 0. The van der Waals surface area contributed by atoms with E-state index >= 15 is 0 Å². The summed E-state index contributed by atoms with van der Waals surface area (Å²) in [4.78, 5) is 0. The second-order valence-electron chi connectivity index (χ2n) is 3.95. The van der Waals surface area contributed by atoms with E-state index in [0.717, 1.165) is 0 Å². The van der Waals surface area contributed by atoms with Crippen molar-refractivity contribution in [3.8, 4) is 0 Å². The van der Waals surface area contributed by atoms with Crippen LogP contribution in [0.5, 0.6) is 0 Å². The summed E-state index contributed by atoms with van der Waals surface area (Å²) in [6.07, 6.45) is 2.15. The smallest absolute Gasteiger partial charge is 0.0607 e. The van der Waals surface area contributed by atoms with Gasteiger partial charge in [0.15, 0.2) is 0 Å².